The molecular weight excluding hydrogens is 174 g/mol. The quantitative estimate of drug-likeness (QED) is 0.644. The van der Waals surface area contributed by atoms with Gasteiger partial charge in [-0.25, -0.2) is 0 Å². The average molecular weight is 187 g/mol. The molecule has 0 atom stereocenters. The number of nitrogens with zero attached hydrogens (tertiary/aromatic N) is 1. The Bertz CT molecular complexity index is 335. The van der Waals surface area contributed by atoms with Crippen molar-refractivity contribution in [2.45, 2.75) is 6.42 Å². The van der Waals surface area contributed by atoms with E-state index in [4.69, 9.17) is 0 Å². The van der Waals surface area contributed by atoms with E-state index in [1.807, 2.05) is 47.4 Å². The molecule has 0 saturated carbocycles. The van der Waals surface area contributed by atoms with Crippen molar-refractivity contribution in [2.75, 3.05) is 13.1 Å². The first-order valence-corrected chi connectivity index (χ1v) is 4.83. The molecule has 0 N–H and O–H groups in total. The molecule has 1 aliphatic rings. The van der Waals surface area contributed by atoms with Crippen molar-refractivity contribution in [1.82, 2.24) is 4.90 Å². The van der Waals surface area contributed by atoms with Gasteiger partial charge in [-0.3, -0.25) is 4.79 Å². The minimum Gasteiger partial charge on any atom is -0.335 e. The molecule has 2 heteroatoms. The lowest BCUT2D eigenvalue weighted by atomic mass is 10.1. The SMILES string of the molecule is O=C(Cc1ccccc1)N1CC=CC1. The van der Waals surface area contributed by atoms with Gasteiger partial charge in [0.15, 0.2) is 0 Å². The second-order valence-electron chi connectivity index (χ2n) is 3.43. The van der Waals surface area contributed by atoms with Gasteiger partial charge in [0.1, 0.15) is 0 Å². The van der Waals surface area contributed by atoms with Crippen LogP contribution in [0.5, 0.6) is 0 Å². The Hall–Kier alpha value is -1.57. The normalized spacial score (nSPS) is 14.7. The second kappa shape index (κ2) is 4.09. The third kappa shape index (κ3) is 2.02. The summed E-state index contributed by atoms with van der Waals surface area (Å²) in [6.07, 6.45) is 4.58. The minimum absolute atomic E-state index is 0.209. The third-order valence-electron chi connectivity index (χ3n) is 2.37. The molecule has 0 bridgehead atoms. The summed E-state index contributed by atoms with van der Waals surface area (Å²) < 4.78 is 0. The van der Waals surface area contributed by atoms with E-state index in [2.05, 4.69) is 0 Å². The van der Waals surface area contributed by atoms with E-state index in [1.165, 1.54) is 0 Å². The van der Waals surface area contributed by atoms with Crippen molar-refractivity contribution >= 4 is 5.91 Å². The van der Waals surface area contributed by atoms with E-state index < -0.39 is 0 Å². The summed E-state index contributed by atoms with van der Waals surface area (Å²) in [6.45, 7) is 1.54. The van der Waals surface area contributed by atoms with Gasteiger partial charge in [-0.05, 0) is 5.56 Å². The lowest BCUT2D eigenvalue weighted by Crippen LogP contribution is -2.29. The Morgan fingerprint density at radius 3 is 2.43 bits per heavy atom. The molecule has 72 valence electrons. The predicted molar refractivity (Wildman–Crippen MR) is 55.9 cm³/mol. The highest BCUT2D eigenvalue weighted by Crippen LogP contribution is 2.05. The smallest absolute Gasteiger partial charge is 0.227 e. The number of hydrogen-bond acceptors (Lipinski definition) is 1. The molecule has 1 aliphatic heterocycles. The molecule has 1 aromatic rings. The molecule has 14 heavy (non-hydrogen) atoms. The number of benzene rings is 1. The van der Waals surface area contributed by atoms with Gasteiger partial charge in [0, 0.05) is 13.1 Å². The Morgan fingerprint density at radius 1 is 1.14 bits per heavy atom. The molecule has 0 aliphatic carbocycles. The van der Waals surface area contributed by atoms with Gasteiger partial charge in [0.05, 0.1) is 6.42 Å². The lowest BCUT2D eigenvalue weighted by Gasteiger charge is -2.14. The Kier molecular flexibility index (Phi) is 2.63. The number of carbonyl (C=O) groups excluding carboxylic acids is 1. The molecular formula is C12H13NO. The fourth-order valence-electron chi connectivity index (χ4n) is 1.56. The lowest BCUT2D eigenvalue weighted by molar-refractivity contribution is -0.129. The topological polar surface area (TPSA) is 20.3 Å². The Labute approximate surface area is 83.8 Å². The molecule has 0 radical (unpaired) electrons. The Balaban J connectivity index is 1.95. The molecule has 0 unspecified atom stereocenters. The molecule has 0 spiro atoms. The maximum Gasteiger partial charge on any atom is 0.227 e. The van der Waals surface area contributed by atoms with Crippen LogP contribution in [-0.4, -0.2) is 23.9 Å². The second-order valence-corrected chi connectivity index (χ2v) is 3.43. The summed E-state index contributed by atoms with van der Waals surface area (Å²) in [6, 6.07) is 9.86. The van der Waals surface area contributed by atoms with E-state index >= 15 is 0 Å². The van der Waals surface area contributed by atoms with Crippen molar-refractivity contribution in [3.05, 3.63) is 48.0 Å². The fraction of sp³-hybridized carbons (Fsp3) is 0.250. The summed E-state index contributed by atoms with van der Waals surface area (Å²) in [4.78, 5) is 13.6. The van der Waals surface area contributed by atoms with Gasteiger partial charge in [0.25, 0.3) is 0 Å². The molecule has 2 rings (SSSR count). The van der Waals surface area contributed by atoms with Crippen molar-refractivity contribution in [2.24, 2.45) is 0 Å². The zero-order valence-electron chi connectivity index (χ0n) is 8.02. The van der Waals surface area contributed by atoms with Gasteiger partial charge in [-0.1, -0.05) is 42.5 Å². The minimum atomic E-state index is 0.209. The number of carbonyl (C=O) groups is 1. The highest BCUT2D eigenvalue weighted by molar-refractivity contribution is 5.79. The zero-order valence-corrected chi connectivity index (χ0v) is 8.02. The van der Waals surface area contributed by atoms with Crippen LogP contribution in [0.2, 0.25) is 0 Å². The van der Waals surface area contributed by atoms with Gasteiger partial charge in [-0.2, -0.15) is 0 Å². The number of rotatable bonds is 2. The summed E-state index contributed by atoms with van der Waals surface area (Å²) >= 11 is 0. The summed E-state index contributed by atoms with van der Waals surface area (Å²) in [5, 5.41) is 0. The van der Waals surface area contributed by atoms with E-state index in [-0.39, 0.29) is 5.91 Å². The molecule has 1 aromatic carbocycles. The van der Waals surface area contributed by atoms with E-state index in [0.29, 0.717) is 6.42 Å². The van der Waals surface area contributed by atoms with Crippen LogP contribution in [0.4, 0.5) is 0 Å². The summed E-state index contributed by atoms with van der Waals surface area (Å²) in [5.74, 6) is 0.209. The van der Waals surface area contributed by atoms with Crippen LogP contribution in [0.15, 0.2) is 42.5 Å². The maximum atomic E-state index is 11.7. The highest BCUT2D eigenvalue weighted by Gasteiger charge is 2.13. The van der Waals surface area contributed by atoms with Crippen LogP contribution in [-0.2, 0) is 11.2 Å². The molecule has 0 fully saturated rings. The molecule has 1 heterocycles. The standard InChI is InChI=1S/C12H13NO/c14-12(13-8-4-5-9-13)10-11-6-2-1-3-7-11/h1-7H,8-10H2. The van der Waals surface area contributed by atoms with Gasteiger partial charge in [-0.15, -0.1) is 0 Å². The Morgan fingerprint density at radius 2 is 1.79 bits per heavy atom. The number of hydrogen-bond donors (Lipinski definition) is 0. The van der Waals surface area contributed by atoms with Crippen molar-refractivity contribution in [3.8, 4) is 0 Å². The van der Waals surface area contributed by atoms with Crippen molar-refractivity contribution in [3.63, 3.8) is 0 Å². The highest BCUT2D eigenvalue weighted by atomic mass is 16.2. The van der Waals surface area contributed by atoms with Crippen LogP contribution in [0.1, 0.15) is 5.56 Å². The molecule has 0 aromatic heterocycles. The van der Waals surface area contributed by atoms with Crippen LogP contribution in [0, 0.1) is 0 Å². The van der Waals surface area contributed by atoms with Crippen LogP contribution >= 0.6 is 0 Å². The van der Waals surface area contributed by atoms with E-state index in [9.17, 15) is 4.79 Å². The maximum absolute atomic E-state index is 11.7. The average Bonchev–Trinajstić information content (AvgIpc) is 2.72. The van der Waals surface area contributed by atoms with Crippen LogP contribution in [0.25, 0.3) is 0 Å². The van der Waals surface area contributed by atoms with E-state index in [0.717, 1.165) is 18.7 Å². The first-order chi connectivity index (χ1) is 6.86. The van der Waals surface area contributed by atoms with Gasteiger partial charge >= 0.3 is 0 Å². The third-order valence-corrected chi connectivity index (χ3v) is 2.37. The largest absolute Gasteiger partial charge is 0.335 e. The zero-order chi connectivity index (χ0) is 9.80. The summed E-state index contributed by atoms with van der Waals surface area (Å²) in [5.41, 5.74) is 1.09. The van der Waals surface area contributed by atoms with Crippen molar-refractivity contribution < 1.29 is 4.79 Å². The van der Waals surface area contributed by atoms with Crippen molar-refractivity contribution in [1.29, 1.82) is 0 Å². The summed E-state index contributed by atoms with van der Waals surface area (Å²) in [7, 11) is 0. The predicted octanol–water partition coefficient (Wildman–Crippen LogP) is 1.63. The fourth-order valence-corrected chi connectivity index (χ4v) is 1.56. The van der Waals surface area contributed by atoms with E-state index in [1.54, 1.807) is 0 Å². The monoisotopic (exact) mass is 187 g/mol. The van der Waals surface area contributed by atoms with Gasteiger partial charge < -0.3 is 4.90 Å². The first-order valence-electron chi connectivity index (χ1n) is 4.83. The molecule has 1 amide bonds. The molecule has 2 nitrogen and oxygen atoms in total. The number of amides is 1. The molecule has 0 saturated heterocycles. The van der Waals surface area contributed by atoms with Gasteiger partial charge in [0.2, 0.25) is 5.91 Å². The van der Waals surface area contributed by atoms with Crippen LogP contribution < -0.4 is 0 Å². The van der Waals surface area contributed by atoms with Crippen LogP contribution in [0.3, 0.4) is 0 Å². The first kappa shape index (κ1) is 9.00.